The van der Waals surface area contributed by atoms with E-state index < -0.39 is 0 Å². The second-order valence-corrected chi connectivity index (χ2v) is 7.73. The van der Waals surface area contributed by atoms with Crippen LogP contribution in [0.15, 0.2) is 6.20 Å². The van der Waals surface area contributed by atoms with Gasteiger partial charge in [-0.2, -0.15) is 5.10 Å². The van der Waals surface area contributed by atoms with Gasteiger partial charge in [-0.15, -0.1) is 0 Å². The number of hydrogen-bond acceptors (Lipinski definition) is 4. The fourth-order valence-corrected chi connectivity index (χ4v) is 5.20. The van der Waals surface area contributed by atoms with Crippen molar-refractivity contribution in [2.75, 3.05) is 32.2 Å². The highest BCUT2D eigenvalue weighted by atomic mass is 16.5. The first-order valence-corrected chi connectivity index (χ1v) is 9.30. The van der Waals surface area contributed by atoms with Gasteiger partial charge in [-0.05, 0) is 37.0 Å². The number of urea groups is 1. The van der Waals surface area contributed by atoms with Crippen molar-refractivity contribution in [2.24, 2.45) is 18.4 Å². The fraction of sp³-hybridized carbons (Fsp3) is 0.778. The Morgan fingerprint density at radius 1 is 1.44 bits per heavy atom. The number of methoxy groups -OCH3 is 1. The van der Waals surface area contributed by atoms with E-state index in [1.807, 2.05) is 13.2 Å². The topological polar surface area (TPSA) is 68.6 Å². The normalized spacial score (nSPS) is 27.7. The molecule has 1 saturated carbocycles. The number of amides is 2. The molecular formula is C18H28N4O3. The molecule has 4 rings (SSSR count). The standard InChI is InChI=1S/C18H28N4O3/c1-21-10-14(15(20-21)11-24-2)19-17(23)22-12-18(6-8-25-9-7-18)13-4-3-5-16(13)22/h10,13,16H,3-9,11-12H2,1-2H3,(H,19,23)/t13-,16+/m1/s1. The van der Waals surface area contributed by atoms with Crippen molar-refractivity contribution >= 4 is 11.7 Å². The van der Waals surface area contributed by atoms with Gasteiger partial charge in [-0.3, -0.25) is 4.68 Å². The van der Waals surface area contributed by atoms with Crippen LogP contribution < -0.4 is 5.32 Å². The molecule has 0 radical (unpaired) electrons. The number of hydrogen-bond donors (Lipinski definition) is 1. The van der Waals surface area contributed by atoms with Crippen LogP contribution in [0.5, 0.6) is 0 Å². The molecule has 1 N–H and O–H groups in total. The molecule has 2 atom stereocenters. The summed E-state index contributed by atoms with van der Waals surface area (Å²) in [5.74, 6) is 0.634. The third-order valence-electron chi connectivity index (χ3n) is 6.33. The van der Waals surface area contributed by atoms with E-state index in [0.29, 0.717) is 18.6 Å². The quantitative estimate of drug-likeness (QED) is 0.911. The molecule has 1 spiro atoms. The van der Waals surface area contributed by atoms with Gasteiger partial charge < -0.3 is 19.7 Å². The maximum Gasteiger partial charge on any atom is 0.322 e. The zero-order chi connectivity index (χ0) is 17.4. The highest BCUT2D eigenvalue weighted by molar-refractivity contribution is 5.90. The zero-order valence-electron chi connectivity index (χ0n) is 15.2. The number of anilines is 1. The highest BCUT2D eigenvalue weighted by Crippen LogP contribution is 2.53. The zero-order valence-corrected chi connectivity index (χ0v) is 15.2. The summed E-state index contributed by atoms with van der Waals surface area (Å²) >= 11 is 0. The van der Waals surface area contributed by atoms with Crippen molar-refractivity contribution in [2.45, 2.75) is 44.8 Å². The van der Waals surface area contributed by atoms with E-state index >= 15 is 0 Å². The molecule has 1 aromatic rings. The average Bonchev–Trinajstić information content (AvgIpc) is 3.27. The first kappa shape index (κ1) is 16.8. The number of nitrogens with one attached hydrogen (secondary N) is 1. The molecule has 0 unspecified atom stereocenters. The van der Waals surface area contributed by atoms with Crippen LogP contribution in [0.3, 0.4) is 0 Å². The molecule has 1 aliphatic carbocycles. The maximum absolute atomic E-state index is 13.1. The summed E-state index contributed by atoms with van der Waals surface area (Å²) < 4.78 is 12.5. The minimum atomic E-state index is 0.00520. The van der Waals surface area contributed by atoms with Gasteiger partial charge in [0, 0.05) is 46.2 Å². The van der Waals surface area contributed by atoms with Crippen LogP contribution in [0.4, 0.5) is 10.5 Å². The third-order valence-corrected chi connectivity index (χ3v) is 6.33. The Morgan fingerprint density at radius 2 is 2.24 bits per heavy atom. The largest absolute Gasteiger partial charge is 0.381 e. The molecule has 2 aliphatic heterocycles. The number of likely N-dealkylation sites (tertiary alicyclic amines) is 1. The Kier molecular flexibility index (Phi) is 4.45. The van der Waals surface area contributed by atoms with Crippen LogP contribution >= 0.6 is 0 Å². The van der Waals surface area contributed by atoms with E-state index in [1.54, 1.807) is 11.8 Å². The predicted molar refractivity (Wildman–Crippen MR) is 93.3 cm³/mol. The molecule has 138 valence electrons. The molecule has 7 nitrogen and oxygen atoms in total. The molecule has 3 aliphatic rings. The number of aromatic nitrogens is 2. The third kappa shape index (κ3) is 2.93. The van der Waals surface area contributed by atoms with E-state index in [-0.39, 0.29) is 11.4 Å². The Hall–Kier alpha value is -1.60. The lowest BCUT2D eigenvalue weighted by Crippen LogP contribution is -2.40. The molecule has 0 aromatic carbocycles. The average molecular weight is 348 g/mol. The number of ether oxygens (including phenoxy) is 2. The van der Waals surface area contributed by atoms with Crippen molar-refractivity contribution in [3.05, 3.63) is 11.9 Å². The second-order valence-electron chi connectivity index (χ2n) is 7.73. The van der Waals surface area contributed by atoms with Crippen LogP contribution in [-0.2, 0) is 23.1 Å². The lowest BCUT2D eigenvalue weighted by molar-refractivity contribution is -0.000303. The van der Waals surface area contributed by atoms with Crippen LogP contribution in [0.1, 0.15) is 37.8 Å². The Balaban J connectivity index is 1.52. The summed E-state index contributed by atoms with van der Waals surface area (Å²) in [6.45, 7) is 2.92. The Bertz CT molecular complexity index is 638. The minimum absolute atomic E-state index is 0.00520. The van der Waals surface area contributed by atoms with E-state index in [4.69, 9.17) is 9.47 Å². The number of aryl methyl sites for hydroxylation is 1. The van der Waals surface area contributed by atoms with E-state index in [1.165, 1.54) is 12.8 Å². The molecule has 0 bridgehead atoms. The number of fused-ring (bicyclic) bond motifs is 2. The summed E-state index contributed by atoms with van der Waals surface area (Å²) in [5, 5.41) is 7.46. The van der Waals surface area contributed by atoms with E-state index in [0.717, 1.165) is 50.4 Å². The highest BCUT2D eigenvalue weighted by Gasteiger charge is 2.55. The van der Waals surface area contributed by atoms with Gasteiger partial charge >= 0.3 is 6.03 Å². The monoisotopic (exact) mass is 348 g/mol. The van der Waals surface area contributed by atoms with Gasteiger partial charge in [0.2, 0.25) is 0 Å². The summed E-state index contributed by atoms with van der Waals surface area (Å²) in [4.78, 5) is 15.1. The van der Waals surface area contributed by atoms with Crippen molar-refractivity contribution in [3.8, 4) is 0 Å². The van der Waals surface area contributed by atoms with Crippen LogP contribution in [0.2, 0.25) is 0 Å². The molecule has 2 saturated heterocycles. The molecule has 3 heterocycles. The molecule has 3 fully saturated rings. The SMILES string of the molecule is COCc1nn(C)cc1NC(=O)N1CC2(CCOCC2)[C@@H]2CCC[C@@H]21. The molecular weight excluding hydrogens is 320 g/mol. The van der Waals surface area contributed by atoms with Gasteiger partial charge in [-0.1, -0.05) is 6.42 Å². The summed E-state index contributed by atoms with van der Waals surface area (Å²) in [7, 11) is 3.49. The Labute approximate surface area is 148 Å². The molecule has 25 heavy (non-hydrogen) atoms. The summed E-state index contributed by atoms with van der Waals surface area (Å²) in [6.07, 6.45) is 7.61. The number of rotatable bonds is 3. The fourth-order valence-electron chi connectivity index (χ4n) is 5.20. The van der Waals surface area contributed by atoms with Gasteiger partial charge in [0.25, 0.3) is 0 Å². The van der Waals surface area contributed by atoms with E-state index in [2.05, 4.69) is 15.3 Å². The Morgan fingerprint density at radius 3 is 3.00 bits per heavy atom. The maximum atomic E-state index is 13.1. The predicted octanol–water partition coefficient (Wildman–Crippen LogP) is 2.38. The number of carbonyl (C=O) groups is 1. The second kappa shape index (κ2) is 6.61. The van der Waals surface area contributed by atoms with Crippen molar-refractivity contribution in [1.82, 2.24) is 14.7 Å². The van der Waals surface area contributed by atoms with Gasteiger partial charge in [0.15, 0.2) is 0 Å². The lowest BCUT2D eigenvalue weighted by atomic mass is 9.71. The molecule has 2 amide bonds. The number of carbonyl (C=O) groups excluding carboxylic acids is 1. The van der Waals surface area contributed by atoms with Gasteiger partial charge in [0.1, 0.15) is 5.69 Å². The van der Waals surface area contributed by atoms with Crippen LogP contribution in [-0.4, -0.2) is 53.6 Å². The molecule has 1 aromatic heterocycles. The first-order chi connectivity index (χ1) is 12.1. The smallest absolute Gasteiger partial charge is 0.322 e. The van der Waals surface area contributed by atoms with E-state index in [9.17, 15) is 4.79 Å². The first-order valence-electron chi connectivity index (χ1n) is 9.30. The summed E-state index contributed by atoms with van der Waals surface area (Å²) in [6, 6.07) is 0.381. The van der Waals surface area contributed by atoms with Crippen molar-refractivity contribution in [3.63, 3.8) is 0 Å². The summed E-state index contributed by atoms with van der Waals surface area (Å²) in [5.41, 5.74) is 1.78. The van der Waals surface area contributed by atoms with Crippen molar-refractivity contribution in [1.29, 1.82) is 0 Å². The van der Waals surface area contributed by atoms with Gasteiger partial charge in [0.05, 0.1) is 12.3 Å². The van der Waals surface area contributed by atoms with Gasteiger partial charge in [-0.25, -0.2) is 4.79 Å². The van der Waals surface area contributed by atoms with Crippen LogP contribution in [0, 0.1) is 11.3 Å². The van der Waals surface area contributed by atoms with Crippen LogP contribution in [0.25, 0.3) is 0 Å². The minimum Gasteiger partial charge on any atom is -0.381 e. The lowest BCUT2D eigenvalue weighted by Gasteiger charge is -2.37. The van der Waals surface area contributed by atoms with Crippen molar-refractivity contribution < 1.29 is 14.3 Å². The number of nitrogens with zero attached hydrogens (tertiary/aromatic N) is 3. The molecule has 7 heteroatoms.